The van der Waals surface area contributed by atoms with Crippen LogP contribution in [0.2, 0.25) is 0 Å². The summed E-state index contributed by atoms with van der Waals surface area (Å²) in [5.41, 5.74) is 1.81. The van der Waals surface area contributed by atoms with Gasteiger partial charge in [-0.2, -0.15) is 13.2 Å². The summed E-state index contributed by atoms with van der Waals surface area (Å²) in [6.07, 6.45) is -3.99. The Hall–Kier alpha value is -2.91. The number of carbonyl (C=O) groups excluding carboxylic acids is 2. The van der Waals surface area contributed by atoms with Crippen LogP contribution in [-0.4, -0.2) is 39.3 Å². The minimum atomic E-state index is -4.27. The van der Waals surface area contributed by atoms with E-state index in [0.29, 0.717) is 11.6 Å². The van der Waals surface area contributed by atoms with Crippen molar-refractivity contribution in [2.45, 2.75) is 45.5 Å². The topological polar surface area (TPSA) is 80.1 Å². The monoisotopic (exact) mass is 421 g/mol. The third kappa shape index (κ3) is 4.03. The molecule has 0 unspecified atom stereocenters. The Labute approximate surface area is 171 Å². The molecule has 0 aliphatic carbocycles. The van der Waals surface area contributed by atoms with Crippen LogP contribution in [-0.2, 0) is 29.1 Å². The summed E-state index contributed by atoms with van der Waals surface area (Å²) in [6, 6.07) is 7.48. The first kappa shape index (κ1) is 20.4. The van der Waals surface area contributed by atoms with Gasteiger partial charge in [0.2, 0.25) is 11.8 Å². The number of aromatic nitrogens is 3. The van der Waals surface area contributed by atoms with E-state index < -0.39 is 18.0 Å². The van der Waals surface area contributed by atoms with Crippen molar-refractivity contribution in [1.82, 2.24) is 20.1 Å². The smallest absolute Gasteiger partial charge is 0.348 e. The van der Waals surface area contributed by atoms with Crippen LogP contribution in [0.4, 0.5) is 18.9 Å². The number of rotatable bonds is 4. The first-order chi connectivity index (χ1) is 14.2. The average Bonchev–Trinajstić information content (AvgIpc) is 3.29. The van der Waals surface area contributed by atoms with Gasteiger partial charge in [0.1, 0.15) is 5.82 Å². The fourth-order valence-electron chi connectivity index (χ4n) is 3.95. The molecule has 7 nitrogen and oxygen atoms in total. The molecule has 2 amide bonds. The molecule has 1 aromatic carbocycles. The zero-order valence-corrected chi connectivity index (χ0v) is 16.4. The highest BCUT2D eigenvalue weighted by molar-refractivity contribution is 6.00. The van der Waals surface area contributed by atoms with E-state index in [1.54, 1.807) is 4.90 Å². The van der Waals surface area contributed by atoms with Crippen molar-refractivity contribution in [3.63, 3.8) is 0 Å². The maximum Gasteiger partial charge on any atom is 0.393 e. The van der Waals surface area contributed by atoms with Gasteiger partial charge in [0, 0.05) is 31.6 Å². The lowest BCUT2D eigenvalue weighted by Gasteiger charge is -2.26. The Kier molecular flexibility index (Phi) is 5.25. The maximum atomic E-state index is 13.1. The number of anilines is 1. The van der Waals surface area contributed by atoms with Gasteiger partial charge in [-0.25, -0.2) is 0 Å². The molecule has 0 saturated carbocycles. The van der Waals surface area contributed by atoms with Gasteiger partial charge in [-0.1, -0.05) is 17.7 Å². The van der Waals surface area contributed by atoms with Crippen molar-refractivity contribution >= 4 is 17.5 Å². The van der Waals surface area contributed by atoms with E-state index in [1.165, 1.54) is 4.57 Å². The molecule has 1 N–H and O–H groups in total. The summed E-state index contributed by atoms with van der Waals surface area (Å²) in [7, 11) is 0. The highest BCUT2D eigenvalue weighted by Crippen LogP contribution is 2.34. The zero-order chi connectivity index (χ0) is 21.5. The molecule has 2 aromatic rings. The fourth-order valence-corrected chi connectivity index (χ4v) is 3.95. The predicted molar refractivity (Wildman–Crippen MR) is 101 cm³/mol. The van der Waals surface area contributed by atoms with Gasteiger partial charge in [-0.05, 0) is 25.5 Å². The Morgan fingerprint density at radius 1 is 1.20 bits per heavy atom. The molecule has 160 valence electrons. The number of fused-ring (bicyclic) bond motifs is 1. The lowest BCUT2D eigenvalue weighted by atomic mass is 9.99. The maximum absolute atomic E-state index is 13.1. The number of aryl methyl sites for hydroxylation is 2. The number of alkyl halides is 3. The molecule has 0 radical (unpaired) electrons. The van der Waals surface area contributed by atoms with E-state index in [9.17, 15) is 22.8 Å². The second-order valence-electron chi connectivity index (χ2n) is 7.88. The molecular weight excluding hydrogens is 399 g/mol. The van der Waals surface area contributed by atoms with Crippen LogP contribution in [0.15, 0.2) is 24.3 Å². The van der Waals surface area contributed by atoms with Crippen LogP contribution in [0.3, 0.4) is 0 Å². The van der Waals surface area contributed by atoms with Gasteiger partial charge in [0.15, 0.2) is 5.82 Å². The van der Waals surface area contributed by atoms with E-state index in [2.05, 4.69) is 15.5 Å². The molecule has 2 aliphatic rings. The Bertz CT molecular complexity index is 954. The van der Waals surface area contributed by atoms with Gasteiger partial charge in [-0.15, -0.1) is 10.2 Å². The number of nitrogens with one attached hydrogen (secondary N) is 1. The first-order valence-electron chi connectivity index (χ1n) is 9.85. The van der Waals surface area contributed by atoms with Crippen molar-refractivity contribution in [1.29, 1.82) is 0 Å². The summed E-state index contributed by atoms with van der Waals surface area (Å²) >= 11 is 0. The number of nitrogens with zero attached hydrogens (tertiary/aromatic N) is 4. The molecular formula is C20H22F3N5O2. The minimum absolute atomic E-state index is 0.00692. The van der Waals surface area contributed by atoms with E-state index in [1.807, 2.05) is 31.2 Å². The third-order valence-electron chi connectivity index (χ3n) is 5.75. The Balaban J connectivity index is 1.38. The molecule has 1 aromatic heterocycles. The number of benzene rings is 1. The summed E-state index contributed by atoms with van der Waals surface area (Å²) in [5, 5.41) is 10.6. The number of amides is 2. The van der Waals surface area contributed by atoms with Gasteiger partial charge < -0.3 is 14.8 Å². The van der Waals surface area contributed by atoms with Crippen molar-refractivity contribution in [2.24, 2.45) is 11.8 Å². The van der Waals surface area contributed by atoms with Crippen LogP contribution >= 0.6 is 0 Å². The molecule has 0 bridgehead atoms. The van der Waals surface area contributed by atoms with Gasteiger partial charge in [-0.3, -0.25) is 9.59 Å². The summed E-state index contributed by atoms with van der Waals surface area (Å²) in [5.74, 6) is -1.62. The lowest BCUT2D eigenvalue weighted by Crippen LogP contribution is -2.35. The second-order valence-corrected chi connectivity index (χ2v) is 7.88. The fraction of sp³-hybridized carbons (Fsp3) is 0.500. The third-order valence-corrected chi connectivity index (χ3v) is 5.75. The average molecular weight is 421 g/mol. The van der Waals surface area contributed by atoms with Crippen molar-refractivity contribution in [2.75, 3.05) is 11.4 Å². The first-order valence-corrected chi connectivity index (χ1v) is 9.85. The molecule has 0 spiro atoms. The van der Waals surface area contributed by atoms with Crippen LogP contribution < -0.4 is 10.2 Å². The lowest BCUT2D eigenvalue weighted by molar-refractivity contribution is -0.182. The van der Waals surface area contributed by atoms with E-state index >= 15 is 0 Å². The summed E-state index contributed by atoms with van der Waals surface area (Å²) < 4.78 is 40.6. The number of carbonyl (C=O) groups is 2. The molecule has 2 atom stereocenters. The van der Waals surface area contributed by atoms with E-state index in [4.69, 9.17) is 0 Å². The summed E-state index contributed by atoms with van der Waals surface area (Å²) in [6.45, 7) is 1.96. The molecule has 4 rings (SSSR count). The SMILES string of the molecule is Cc1ccc(N2C[C@@H](C(=O)NCc3nnc4n3C[C@@H](C(F)(F)F)CC4)CC2=O)cc1. The van der Waals surface area contributed by atoms with Crippen molar-refractivity contribution < 1.29 is 22.8 Å². The number of hydrogen-bond acceptors (Lipinski definition) is 4. The van der Waals surface area contributed by atoms with Crippen LogP contribution in [0.5, 0.6) is 0 Å². The Morgan fingerprint density at radius 2 is 1.93 bits per heavy atom. The number of hydrogen-bond donors (Lipinski definition) is 1. The number of halogens is 3. The molecule has 10 heteroatoms. The molecule has 30 heavy (non-hydrogen) atoms. The molecule has 1 saturated heterocycles. The van der Waals surface area contributed by atoms with Crippen molar-refractivity contribution in [3.05, 3.63) is 41.5 Å². The highest BCUT2D eigenvalue weighted by atomic mass is 19.4. The molecule has 2 aliphatic heterocycles. The van der Waals surface area contributed by atoms with Crippen LogP contribution in [0.25, 0.3) is 0 Å². The normalized spacial score (nSPS) is 21.6. The Morgan fingerprint density at radius 3 is 2.63 bits per heavy atom. The van der Waals surface area contributed by atoms with Crippen molar-refractivity contribution in [3.8, 4) is 0 Å². The van der Waals surface area contributed by atoms with Crippen LogP contribution in [0, 0.1) is 18.8 Å². The quantitative estimate of drug-likeness (QED) is 0.822. The predicted octanol–water partition coefficient (Wildman–Crippen LogP) is 2.38. The highest BCUT2D eigenvalue weighted by Gasteiger charge is 2.42. The molecule has 3 heterocycles. The van der Waals surface area contributed by atoms with Gasteiger partial charge in [0.05, 0.1) is 18.4 Å². The van der Waals surface area contributed by atoms with Crippen LogP contribution in [0.1, 0.15) is 30.1 Å². The van der Waals surface area contributed by atoms with Gasteiger partial charge in [0.25, 0.3) is 0 Å². The zero-order valence-electron chi connectivity index (χ0n) is 16.4. The largest absolute Gasteiger partial charge is 0.393 e. The standard InChI is InChI=1S/C20H22F3N5O2/c1-12-2-5-15(6-3-12)27-10-13(8-18(27)29)19(30)24-9-17-26-25-16-7-4-14(11-28(16)17)20(21,22)23/h2-3,5-6,13-14H,4,7-11H2,1H3,(H,24,30)/t13-,14-/m0/s1. The van der Waals surface area contributed by atoms with E-state index in [-0.39, 0.29) is 50.7 Å². The summed E-state index contributed by atoms with van der Waals surface area (Å²) in [4.78, 5) is 26.5. The minimum Gasteiger partial charge on any atom is -0.348 e. The second kappa shape index (κ2) is 7.73. The van der Waals surface area contributed by atoms with E-state index in [0.717, 1.165) is 11.3 Å². The molecule has 1 fully saturated rings. The van der Waals surface area contributed by atoms with Gasteiger partial charge >= 0.3 is 6.18 Å².